The third-order valence-electron chi connectivity index (χ3n) is 5.91. The molecule has 2 aromatic heterocycles. The predicted octanol–water partition coefficient (Wildman–Crippen LogP) is 4.84. The molecule has 1 N–H and O–H groups in total. The molecule has 1 saturated heterocycles. The number of anilines is 1. The summed E-state index contributed by atoms with van der Waals surface area (Å²) < 4.78 is 11.4. The Balaban J connectivity index is 1.32. The first-order valence-corrected chi connectivity index (χ1v) is 12.3. The van der Waals surface area contributed by atoms with Crippen molar-refractivity contribution in [2.45, 2.75) is 23.9 Å². The Morgan fingerprint density at radius 2 is 1.79 bits per heavy atom. The monoisotopic (exact) mass is 474 g/mol. The topological polar surface area (TPSA) is 80.5 Å². The third-order valence-corrected chi connectivity index (χ3v) is 6.81. The van der Waals surface area contributed by atoms with Gasteiger partial charge in [0, 0.05) is 47.9 Å². The molecule has 0 aliphatic carbocycles. The van der Waals surface area contributed by atoms with Gasteiger partial charge in [0.2, 0.25) is 0 Å². The molecule has 1 fully saturated rings. The quantitative estimate of drug-likeness (QED) is 0.303. The molecule has 1 amide bonds. The molecule has 1 aliphatic rings. The van der Waals surface area contributed by atoms with E-state index in [1.165, 1.54) is 17.4 Å². The number of morpholine rings is 1. The maximum absolute atomic E-state index is 13.3. The Labute approximate surface area is 202 Å². The molecule has 1 atom stereocenters. The maximum atomic E-state index is 13.3. The van der Waals surface area contributed by atoms with Gasteiger partial charge in [-0.25, -0.2) is 9.97 Å². The lowest BCUT2D eigenvalue weighted by Gasteiger charge is -2.29. The first kappa shape index (κ1) is 22.4. The molecule has 0 saturated carbocycles. The number of fused-ring (bicyclic) bond motifs is 1. The van der Waals surface area contributed by atoms with Gasteiger partial charge in [-0.2, -0.15) is 0 Å². The van der Waals surface area contributed by atoms with Gasteiger partial charge in [0.1, 0.15) is 5.58 Å². The van der Waals surface area contributed by atoms with Crippen molar-refractivity contribution in [1.29, 1.82) is 0 Å². The average molecular weight is 475 g/mol. The van der Waals surface area contributed by atoms with Crippen LogP contribution in [-0.2, 0) is 10.5 Å². The van der Waals surface area contributed by atoms with Gasteiger partial charge in [0.15, 0.2) is 10.9 Å². The first-order chi connectivity index (χ1) is 16.7. The largest absolute Gasteiger partial charge is 0.451 e. The Hall–Kier alpha value is -3.36. The number of furan rings is 1. The van der Waals surface area contributed by atoms with Gasteiger partial charge in [-0.05, 0) is 36.8 Å². The predicted molar refractivity (Wildman–Crippen MR) is 133 cm³/mol. The second-order valence-corrected chi connectivity index (χ2v) is 9.05. The van der Waals surface area contributed by atoms with Crippen LogP contribution in [0.15, 0.2) is 76.6 Å². The average Bonchev–Trinajstić information content (AvgIpc) is 3.27. The van der Waals surface area contributed by atoms with Crippen molar-refractivity contribution in [2.75, 3.05) is 31.2 Å². The summed E-state index contributed by atoms with van der Waals surface area (Å²) in [6, 6.07) is 17.7. The van der Waals surface area contributed by atoms with E-state index in [0.717, 1.165) is 42.8 Å². The fourth-order valence-electron chi connectivity index (χ4n) is 4.06. The fourth-order valence-corrected chi connectivity index (χ4v) is 4.89. The lowest BCUT2D eigenvalue weighted by molar-refractivity contribution is 0.0913. The lowest BCUT2D eigenvalue weighted by Crippen LogP contribution is -2.36. The van der Waals surface area contributed by atoms with Gasteiger partial charge in [0.05, 0.1) is 19.3 Å². The minimum absolute atomic E-state index is 0.169. The highest BCUT2D eigenvalue weighted by Gasteiger charge is 2.23. The van der Waals surface area contributed by atoms with Crippen LogP contribution in [0.25, 0.3) is 11.0 Å². The molecule has 1 aliphatic heterocycles. The Kier molecular flexibility index (Phi) is 6.78. The number of hydrogen-bond donors (Lipinski definition) is 1. The summed E-state index contributed by atoms with van der Waals surface area (Å²) >= 11 is 1.48. The molecule has 0 bridgehead atoms. The van der Waals surface area contributed by atoms with Gasteiger partial charge in [-0.1, -0.05) is 42.1 Å². The minimum Gasteiger partial charge on any atom is -0.451 e. The van der Waals surface area contributed by atoms with Crippen LogP contribution < -0.4 is 10.2 Å². The summed E-state index contributed by atoms with van der Waals surface area (Å²) in [5, 5.41) is 4.69. The number of thioether (sulfide) groups is 1. The van der Waals surface area contributed by atoms with E-state index in [-0.39, 0.29) is 11.9 Å². The van der Waals surface area contributed by atoms with Crippen LogP contribution in [0.4, 0.5) is 5.69 Å². The number of aromatic nitrogens is 2. The molecule has 0 radical (unpaired) electrons. The van der Waals surface area contributed by atoms with Crippen molar-refractivity contribution in [3.05, 3.63) is 83.9 Å². The summed E-state index contributed by atoms with van der Waals surface area (Å²) in [6.45, 7) is 5.28. The zero-order valence-corrected chi connectivity index (χ0v) is 19.8. The highest BCUT2D eigenvalue weighted by Crippen LogP contribution is 2.31. The smallest absolute Gasteiger partial charge is 0.287 e. The second-order valence-electron chi connectivity index (χ2n) is 8.11. The van der Waals surface area contributed by atoms with E-state index < -0.39 is 0 Å². The summed E-state index contributed by atoms with van der Waals surface area (Å²) in [5.41, 5.74) is 3.75. The standard InChI is InChI=1S/C26H26N4O3S/c1-18(19-7-9-20(10-8-19)30-13-15-32-16-14-30)29-25(31)24-22(17-34-26-27-11-4-12-28-26)21-5-2-3-6-23(21)33-24/h2-12,18H,13-17H2,1H3,(H,29,31). The zero-order chi connectivity index (χ0) is 23.3. The highest BCUT2D eigenvalue weighted by molar-refractivity contribution is 7.98. The summed E-state index contributed by atoms with van der Waals surface area (Å²) in [4.78, 5) is 24.1. The molecule has 4 aromatic rings. The molecule has 3 heterocycles. The number of hydrogen-bond acceptors (Lipinski definition) is 7. The van der Waals surface area contributed by atoms with E-state index in [2.05, 4.69) is 44.5 Å². The van der Waals surface area contributed by atoms with E-state index in [1.54, 1.807) is 18.5 Å². The molecule has 8 heteroatoms. The van der Waals surface area contributed by atoms with Crippen molar-refractivity contribution in [3.63, 3.8) is 0 Å². The number of amides is 1. The number of ether oxygens (including phenoxy) is 1. The molecule has 34 heavy (non-hydrogen) atoms. The van der Waals surface area contributed by atoms with Gasteiger partial charge in [-0.3, -0.25) is 4.79 Å². The fraction of sp³-hybridized carbons (Fsp3) is 0.269. The van der Waals surface area contributed by atoms with Crippen molar-refractivity contribution >= 4 is 34.3 Å². The number of carbonyl (C=O) groups is 1. The van der Waals surface area contributed by atoms with Crippen LogP contribution in [-0.4, -0.2) is 42.2 Å². The molecule has 7 nitrogen and oxygen atoms in total. The summed E-state index contributed by atoms with van der Waals surface area (Å²) in [7, 11) is 0. The second kappa shape index (κ2) is 10.3. The summed E-state index contributed by atoms with van der Waals surface area (Å²) in [6.07, 6.45) is 3.42. The Bertz CT molecular complexity index is 1250. The number of rotatable bonds is 7. The Morgan fingerprint density at radius 1 is 1.06 bits per heavy atom. The van der Waals surface area contributed by atoms with Gasteiger partial charge >= 0.3 is 0 Å². The normalized spacial score (nSPS) is 14.8. The van der Waals surface area contributed by atoms with E-state index in [0.29, 0.717) is 22.3 Å². The van der Waals surface area contributed by atoms with E-state index >= 15 is 0 Å². The Morgan fingerprint density at radius 3 is 2.56 bits per heavy atom. The SMILES string of the molecule is CC(NC(=O)c1oc2ccccc2c1CSc1ncccn1)c1ccc(N2CCOCC2)cc1. The molecule has 2 aromatic carbocycles. The van der Waals surface area contributed by atoms with Gasteiger partial charge < -0.3 is 19.4 Å². The van der Waals surface area contributed by atoms with Crippen LogP contribution in [0.5, 0.6) is 0 Å². The molecule has 5 rings (SSSR count). The van der Waals surface area contributed by atoms with Crippen molar-refractivity contribution in [3.8, 4) is 0 Å². The van der Waals surface area contributed by atoms with Crippen molar-refractivity contribution in [1.82, 2.24) is 15.3 Å². The van der Waals surface area contributed by atoms with Crippen LogP contribution in [0.3, 0.4) is 0 Å². The van der Waals surface area contributed by atoms with Crippen molar-refractivity contribution < 1.29 is 13.9 Å². The highest BCUT2D eigenvalue weighted by atomic mass is 32.2. The molecular formula is C26H26N4O3S. The minimum atomic E-state index is -0.231. The van der Waals surface area contributed by atoms with Crippen LogP contribution >= 0.6 is 11.8 Å². The maximum Gasteiger partial charge on any atom is 0.287 e. The van der Waals surface area contributed by atoms with Gasteiger partial charge in [0.25, 0.3) is 5.91 Å². The summed E-state index contributed by atoms with van der Waals surface area (Å²) in [5.74, 6) is 0.638. The zero-order valence-electron chi connectivity index (χ0n) is 18.9. The number of nitrogens with one attached hydrogen (secondary N) is 1. The van der Waals surface area contributed by atoms with E-state index in [4.69, 9.17) is 9.15 Å². The molecule has 0 spiro atoms. The van der Waals surface area contributed by atoms with Gasteiger partial charge in [-0.15, -0.1) is 0 Å². The van der Waals surface area contributed by atoms with Crippen LogP contribution in [0, 0.1) is 0 Å². The number of para-hydroxylation sites is 1. The van der Waals surface area contributed by atoms with Crippen LogP contribution in [0.2, 0.25) is 0 Å². The number of nitrogens with zero attached hydrogens (tertiary/aromatic N) is 3. The third kappa shape index (κ3) is 4.93. The molecular weight excluding hydrogens is 448 g/mol. The number of carbonyl (C=O) groups excluding carboxylic acids is 1. The molecule has 1 unspecified atom stereocenters. The van der Waals surface area contributed by atoms with Crippen LogP contribution in [0.1, 0.15) is 34.6 Å². The van der Waals surface area contributed by atoms with Crippen molar-refractivity contribution in [2.24, 2.45) is 0 Å². The molecule has 174 valence electrons. The number of benzene rings is 2. The van der Waals surface area contributed by atoms with E-state index in [9.17, 15) is 4.79 Å². The first-order valence-electron chi connectivity index (χ1n) is 11.3. The van der Waals surface area contributed by atoms with E-state index in [1.807, 2.05) is 31.2 Å². The lowest BCUT2D eigenvalue weighted by atomic mass is 10.1.